The van der Waals surface area contributed by atoms with E-state index >= 15 is 0 Å². The largest absolute Gasteiger partial charge is 0.544 e. The second-order valence-electron chi connectivity index (χ2n) is 9.01. The summed E-state index contributed by atoms with van der Waals surface area (Å²) >= 11 is 0. The molecule has 0 aliphatic heterocycles. The first-order valence-electron chi connectivity index (χ1n) is 12.4. The summed E-state index contributed by atoms with van der Waals surface area (Å²) in [6, 6.07) is 0. The minimum atomic E-state index is -1.42. The van der Waals surface area contributed by atoms with Crippen LogP contribution in [-0.2, 0) is 14.4 Å². The molecule has 186 valence electrons. The van der Waals surface area contributed by atoms with Crippen molar-refractivity contribution in [3.63, 3.8) is 0 Å². The van der Waals surface area contributed by atoms with Crippen LogP contribution in [-0.4, -0.2) is 58.8 Å². The van der Waals surface area contributed by atoms with Gasteiger partial charge in [-0.2, -0.15) is 0 Å². The van der Waals surface area contributed by atoms with Crippen LogP contribution in [0.25, 0.3) is 0 Å². The first kappa shape index (κ1) is 30.1. The molecule has 0 aromatic carbocycles. The predicted molar refractivity (Wildman–Crippen MR) is 124 cm³/mol. The van der Waals surface area contributed by atoms with E-state index < -0.39 is 42.0 Å². The van der Waals surface area contributed by atoms with Gasteiger partial charge in [0.1, 0.15) is 6.54 Å². The van der Waals surface area contributed by atoms with Gasteiger partial charge < -0.3 is 24.6 Å². The summed E-state index contributed by atoms with van der Waals surface area (Å²) in [6.45, 7) is 0.671. The number of rotatable bonds is 23. The standard InChI is InChI=1S/C25H45NO6/c1-2-3-4-5-6-7-8-9-10-11-12-13-14-15-16-17-18-19-26(20-23(27)28,21-24(29)30)22-25(31)32/h2-3H,4-22H2,1H3,(H2-,27,28,29,30,31,32)/b3-2+. The molecule has 0 spiro atoms. The van der Waals surface area contributed by atoms with Gasteiger partial charge >= 0.3 is 11.9 Å². The Morgan fingerprint density at radius 3 is 1.38 bits per heavy atom. The highest BCUT2D eigenvalue weighted by molar-refractivity contribution is 5.72. The van der Waals surface area contributed by atoms with Crippen molar-refractivity contribution in [3.05, 3.63) is 12.2 Å². The zero-order valence-electron chi connectivity index (χ0n) is 20.1. The highest BCUT2D eigenvalue weighted by atomic mass is 16.4. The Balaban J connectivity index is 3.79. The van der Waals surface area contributed by atoms with Crippen LogP contribution in [0.4, 0.5) is 0 Å². The molecule has 0 atom stereocenters. The monoisotopic (exact) mass is 455 g/mol. The van der Waals surface area contributed by atoms with Crippen LogP contribution in [0.3, 0.4) is 0 Å². The predicted octanol–water partition coefficient (Wildman–Crippen LogP) is 4.15. The van der Waals surface area contributed by atoms with Crippen LogP contribution in [0.15, 0.2) is 12.2 Å². The van der Waals surface area contributed by atoms with E-state index in [1.54, 1.807) is 0 Å². The van der Waals surface area contributed by atoms with Crippen LogP contribution in [0.1, 0.15) is 103 Å². The maximum absolute atomic E-state index is 11.1. The number of hydrogen-bond acceptors (Lipinski definition) is 4. The topological polar surface area (TPSA) is 115 Å². The Morgan fingerprint density at radius 1 is 0.656 bits per heavy atom. The second kappa shape index (κ2) is 19.8. The lowest BCUT2D eigenvalue weighted by Crippen LogP contribution is -2.59. The number of aliphatic carboxylic acids is 3. The Kier molecular flexibility index (Phi) is 18.6. The summed E-state index contributed by atoms with van der Waals surface area (Å²) < 4.78 is -0.497. The fourth-order valence-corrected chi connectivity index (χ4v) is 4.25. The molecule has 0 amide bonds. The third-order valence-electron chi connectivity index (χ3n) is 5.89. The van der Waals surface area contributed by atoms with E-state index in [1.807, 2.05) is 0 Å². The molecule has 0 aromatic rings. The summed E-state index contributed by atoms with van der Waals surface area (Å²) in [5.41, 5.74) is 0. The number of unbranched alkanes of at least 4 members (excludes halogenated alkanes) is 14. The Bertz CT molecular complexity index is 506. The minimum Gasteiger partial charge on any atom is -0.544 e. The first-order valence-corrected chi connectivity index (χ1v) is 12.4. The van der Waals surface area contributed by atoms with Crippen molar-refractivity contribution >= 4 is 17.9 Å². The van der Waals surface area contributed by atoms with Crippen LogP contribution in [0, 0.1) is 0 Å². The number of carbonyl (C=O) groups is 3. The number of allylic oxidation sites excluding steroid dienone is 2. The van der Waals surface area contributed by atoms with Crippen molar-refractivity contribution in [3.8, 4) is 0 Å². The van der Waals surface area contributed by atoms with Crippen molar-refractivity contribution in [1.82, 2.24) is 0 Å². The number of nitrogens with zero attached hydrogens (tertiary/aromatic N) is 1. The molecule has 0 saturated heterocycles. The lowest BCUT2D eigenvalue weighted by molar-refractivity contribution is -0.909. The van der Waals surface area contributed by atoms with Gasteiger partial charge in [0.15, 0.2) is 13.1 Å². The maximum Gasteiger partial charge on any atom is 0.359 e. The van der Waals surface area contributed by atoms with Crippen molar-refractivity contribution < 1.29 is 34.2 Å². The molecule has 0 aliphatic carbocycles. The number of quaternary nitrogens is 1. The zero-order valence-corrected chi connectivity index (χ0v) is 20.1. The molecule has 0 aliphatic rings. The van der Waals surface area contributed by atoms with Crippen molar-refractivity contribution in [2.24, 2.45) is 0 Å². The summed E-state index contributed by atoms with van der Waals surface area (Å²) in [4.78, 5) is 33.3. The van der Waals surface area contributed by atoms with Crippen LogP contribution in [0.5, 0.6) is 0 Å². The molecule has 0 bridgehead atoms. The SMILES string of the molecule is C/C=C/CCCCCCCCCCCCCCCC[N+](CC(=O)[O-])(CC(=O)O)CC(=O)O. The van der Waals surface area contributed by atoms with Gasteiger partial charge in [-0.3, -0.25) is 0 Å². The lowest BCUT2D eigenvalue weighted by atomic mass is 10.0. The molecule has 0 radical (unpaired) electrons. The zero-order chi connectivity index (χ0) is 24.1. The smallest absolute Gasteiger partial charge is 0.359 e. The van der Waals surface area contributed by atoms with E-state index in [-0.39, 0.29) is 6.54 Å². The molecule has 0 fully saturated rings. The average Bonchev–Trinajstić information content (AvgIpc) is 2.68. The molecule has 0 rings (SSSR count). The molecule has 0 heterocycles. The van der Waals surface area contributed by atoms with Gasteiger partial charge in [0.05, 0.1) is 12.5 Å². The lowest BCUT2D eigenvalue weighted by Gasteiger charge is -2.36. The first-order chi connectivity index (χ1) is 15.3. The van der Waals surface area contributed by atoms with E-state index in [9.17, 15) is 19.5 Å². The van der Waals surface area contributed by atoms with Gasteiger partial charge in [-0.25, -0.2) is 9.59 Å². The summed E-state index contributed by atoms with van der Waals surface area (Å²) in [5, 5.41) is 29.2. The second-order valence-corrected chi connectivity index (χ2v) is 9.01. The highest BCUT2D eigenvalue weighted by Gasteiger charge is 2.33. The molecule has 32 heavy (non-hydrogen) atoms. The fourth-order valence-electron chi connectivity index (χ4n) is 4.25. The fraction of sp³-hybridized carbons (Fsp3) is 0.800. The molecule has 7 nitrogen and oxygen atoms in total. The molecular formula is C25H45NO6. The van der Waals surface area contributed by atoms with Crippen LogP contribution in [0.2, 0.25) is 0 Å². The van der Waals surface area contributed by atoms with Crippen molar-refractivity contribution in [1.29, 1.82) is 0 Å². The van der Waals surface area contributed by atoms with Gasteiger partial charge in [0.25, 0.3) is 0 Å². The summed E-state index contributed by atoms with van der Waals surface area (Å²) in [7, 11) is 0. The van der Waals surface area contributed by atoms with E-state index in [0.717, 1.165) is 19.3 Å². The average molecular weight is 456 g/mol. The quantitative estimate of drug-likeness (QED) is 0.136. The third-order valence-corrected chi connectivity index (χ3v) is 5.89. The minimum absolute atomic E-state index is 0.224. The van der Waals surface area contributed by atoms with E-state index in [1.165, 1.54) is 70.6 Å². The highest BCUT2D eigenvalue weighted by Crippen LogP contribution is 2.15. The Morgan fingerprint density at radius 2 is 1.03 bits per heavy atom. The van der Waals surface area contributed by atoms with Gasteiger partial charge in [0.2, 0.25) is 0 Å². The van der Waals surface area contributed by atoms with Crippen LogP contribution < -0.4 is 5.11 Å². The van der Waals surface area contributed by atoms with E-state index in [0.29, 0.717) is 6.42 Å². The molecule has 7 heteroatoms. The molecule has 0 saturated carbocycles. The van der Waals surface area contributed by atoms with E-state index in [4.69, 9.17) is 10.2 Å². The number of carboxylic acid groups (broad SMARTS) is 3. The maximum atomic E-state index is 11.1. The van der Waals surface area contributed by atoms with Gasteiger partial charge in [0, 0.05) is 0 Å². The third kappa shape index (κ3) is 18.8. The molecular weight excluding hydrogens is 410 g/mol. The van der Waals surface area contributed by atoms with Crippen molar-refractivity contribution in [2.75, 3.05) is 26.2 Å². The molecule has 0 unspecified atom stereocenters. The number of carbonyl (C=O) groups excluding carboxylic acids is 1. The van der Waals surface area contributed by atoms with Gasteiger partial charge in [-0.05, 0) is 32.6 Å². The summed E-state index contributed by atoms with van der Waals surface area (Å²) in [5.74, 6) is -3.81. The van der Waals surface area contributed by atoms with Gasteiger partial charge in [-0.1, -0.05) is 82.8 Å². The molecule has 0 aromatic heterocycles. The van der Waals surface area contributed by atoms with Crippen LogP contribution >= 0.6 is 0 Å². The normalized spacial score (nSPS) is 11.8. The van der Waals surface area contributed by atoms with Crippen molar-refractivity contribution in [2.45, 2.75) is 103 Å². The van der Waals surface area contributed by atoms with E-state index in [2.05, 4.69) is 19.1 Å². The van der Waals surface area contributed by atoms with Gasteiger partial charge in [-0.15, -0.1) is 0 Å². The number of carboxylic acids is 3. The Hall–Kier alpha value is -1.89. The Labute approximate surface area is 194 Å². The number of hydrogen-bond donors (Lipinski definition) is 2. The summed E-state index contributed by atoms with van der Waals surface area (Å²) in [6.07, 6.45) is 22.1. The molecule has 2 N–H and O–H groups in total.